The third kappa shape index (κ3) is 2.20. The number of hydrogen-bond donors (Lipinski definition) is 1. The Balaban J connectivity index is 0.00000128. The smallest absolute Gasteiger partial charge is 0.133 e. The fourth-order valence-electron chi connectivity index (χ4n) is 2.02. The lowest BCUT2D eigenvalue weighted by Crippen LogP contribution is -2.28. The molecule has 0 spiro atoms. The van der Waals surface area contributed by atoms with Crippen molar-refractivity contribution in [2.45, 2.75) is 32.2 Å². The Morgan fingerprint density at radius 3 is 2.44 bits per heavy atom. The number of benzene rings is 1. The highest BCUT2D eigenvalue weighted by Crippen LogP contribution is 2.38. The summed E-state index contributed by atoms with van der Waals surface area (Å²) in [5.74, 6) is -0.748. The molecule has 0 bridgehead atoms. The molecule has 0 unspecified atom stereocenters. The highest BCUT2D eigenvalue weighted by Gasteiger charge is 2.29. The molecule has 2 N–H and O–H groups in total. The molecular weight excluding hydrogens is 232 g/mol. The van der Waals surface area contributed by atoms with Gasteiger partial charge in [-0.2, -0.15) is 0 Å². The zero-order chi connectivity index (χ0) is 11.0. The summed E-state index contributed by atoms with van der Waals surface area (Å²) in [6.07, 6.45) is 3.08. The first-order valence-corrected chi connectivity index (χ1v) is 5.31. The van der Waals surface area contributed by atoms with Crippen molar-refractivity contribution in [3.05, 3.63) is 34.9 Å². The van der Waals surface area contributed by atoms with Gasteiger partial charge in [0.05, 0.1) is 0 Å². The molecule has 4 heteroatoms. The zero-order valence-electron chi connectivity index (χ0n) is 9.17. The first-order chi connectivity index (χ1) is 7.11. The van der Waals surface area contributed by atoms with Gasteiger partial charge in [0, 0.05) is 11.6 Å². The van der Waals surface area contributed by atoms with E-state index in [0.29, 0.717) is 5.56 Å². The molecule has 1 aliphatic rings. The molecular formula is C12H16ClF2N. The number of nitrogens with two attached hydrogens (primary N) is 1. The van der Waals surface area contributed by atoms with Crippen LogP contribution >= 0.6 is 12.4 Å². The van der Waals surface area contributed by atoms with Crippen LogP contribution in [-0.4, -0.2) is 0 Å². The van der Waals surface area contributed by atoms with Gasteiger partial charge in [-0.1, -0.05) is 12.5 Å². The van der Waals surface area contributed by atoms with Crippen LogP contribution in [0.4, 0.5) is 8.78 Å². The van der Waals surface area contributed by atoms with Crippen LogP contribution in [0.5, 0.6) is 0 Å². The minimum atomic E-state index is -0.516. The quantitative estimate of drug-likeness (QED) is 0.851. The van der Waals surface area contributed by atoms with E-state index in [-0.39, 0.29) is 23.9 Å². The summed E-state index contributed by atoms with van der Waals surface area (Å²) in [6, 6.07) is 2.26. The van der Waals surface area contributed by atoms with Gasteiger partial charge < -0.3 is 5.73 Å². The molecule has 0 aliphatic heterocycles. The lowest BCUT2D eigenvalue weighted by molar-refractivity contribution is 0.256. The highest BCUT2D eigenvalue weighted by atomic mass is 35.5. The van der Waals surface area contributed by atoms with Crippen LogP contribution in [0, 0.1) is 24.5 Å². The van der Waals surface area contributed by atoms with Gasteiger partial charge in [0.1, 0.15) is 11.6 Å². The van der Waals surface area contributed by atoms with E-state index in [2.05, 4.69) is 0 Å². The van der Waals surface area contributed by atoms with Crippen LogP contribution in [0.25, 0.3) is 0 Å². The molecule has 1 atom stereocenters. The van der Waals surface area contributed by atoms with Crippen LogP contribution in [0.3, 0.4) is 0 Å². The van der Waals surface area contributed by atoms with Gasteiger partial charge >= 0.3 is 0 Å². The van der Waals surface area contributed by atoms with Gasteiger partial charge in [-0.3, -0.25) is 0 Å². The molecule has 16 heavy (non-hydrogen) atoms. The topological polar surface area (TPSA) is 26.0 Å². The molecule has 1 aliphatic carbocycles. The lowest BCUT2D eigenvalue weighted by atomic mass is 9.77. The van der Waals surface area contributed by atoms with Crippen LogP contribution in [-0.2, 0) is 0 Å². The van der Waals surface area contributed by atoms with Crippen molar-refractivity contribution in [3.8, 4) is 0 Å². The van der Waals surface area contributed by atoms with E-state index in [9.17, 15) is 8.78 Å². The second-order valence-corrected chi connectivity index (χ2v) is 4.31. The fourth-order valence-corrected chi connectivity index (χ4v) is 2.02. The molecule has 90 valence electrons. The van der Waals surface area contributed by atoms with Crippen molar-refractivity contribution in [1.29, 1.82) is 0 Å². The van der Waals surface area contributed by atoms with E-state index in [1.165, 1.54) is 12.1 Å². The fraction of sp³-hybridized carbons (Fsp3) is 0.500. The zero-order valence-corrected chi connectivity index (χ0v) is 9.99. The molecule has 1 aromatic carbocycles. The molecule has 1 saturated carbocycles. The Labute approximate surface area is 100 Å². The summed E-state index contributed by atoms with van der Waals surface area (Å²) < 4.78 is 27.2. The molecule has 0 radical (unpaired) electrons. The molecule has 1 aromatic rings. The predicted octanol–water partition coefficient (Wildman–Crippen LogP) is 3.49. The third-order valence-corrected chi connectivity index (χ3v) is 3.31. The van der Waals surface area contributed by atoms with E-state index >= 15 is 0 Å². The Morgan fingerprint density at radius 2 is 1.94 bits per heavy atom. The van der Waals surface area contributed by atoms with Gasteiger partial charge in [0.25, 0.3) is 0 Å². The number of rotatable bonds is 2. The highest BCUT2D eigenvalue weighted by molar-refractivity contribution is 5.85. The Hall–Kier alpha value is -0.670. The van der Waals surface area contributed by atoms with Crippen molar-refractivity contribution in [1.82, 2.24) is 0 Å². The maximum atomic E-state index is 13.7. The van der Waals surface area contributed by atoms with Crippen molar-refractivity contribution in [3.63, 3.8) is 0 Å². The van der Waals surface area contributed by atoms with Gasteiger partial charge in [-0.15, -0.1) is 12.4 Å². The Morgan fingerprint density at radius 1 is 1.31 bits per heavy atom. The summed E-state index contributed by atoms with van der Waals surface area (Å²) in [6.45, 7) is 1.63. The number of aryl methyl sites for hydroxylation is 1. The minimum absolute atomic E-state index is 0. The van der Waals surface area contributed by atoms with Gasteiger partial charge in [0.15, 0.2) is 0 Å². The van der Waals surface area contributed by atoms with Gasteiger partial charge in [-0.05, 0) is 37.3 Å². The summed E-state index contributed by atoms with van der Waals surface area (Å²) in [5.41, 5.74) is 6.42. The maximum Gasteiger partial charge on any atom is 0.133 e. The van der Waals surface area contributed by atoms with Crippen LogP contribution in [0.15, 0.2) is 12.1 Å². The van der Waals surface area contributed by atoms with Crippen molar-refractivity contribution >= 4 is 12.4 Å². The molecule has 1 fully saturated rings. The van der Waals surface area contributed by atoms with Crippen molar-refractivity contribution in [2.75, 3.05) is 0 Å². The SMILES string of the molecule is Cc1ccc(F)c([C@@H](N)C2CCC2)c1F.Cl. The van der Waals surface area contributed by atoms with Crippen molar-refractivity contribution < 1.29 is 8.78 Å². The summed E-state index contributed by atoms with van der Waals surface area (Å²) in [4.78, 5) is 0. The van der Waals surface area contributed by atoms with E-state index < -0.39 is 17.7 Å². The average molecular weight is 248 g/mol. The lowest BCUT2D eigenvalue weighted by Gasteiger charge is -2.32. The molecule has 0 amide bonds. The molecule has 2 rings (SSSR count). The number of hydrogen-bond acceptors (Lipinski definition) is 1. The summed E-state index contributed by atoms with van der Waals surface area (Å²) in [5, 5.41) is 0. The number of halogens is 3. The normalized spacial score (nSPS) is 17.5. The average Bonchev–Trinajstić information content (AvgIpc) is 2.09. The third-order valence-electron chi connectivity index (χ3n) is 3.31. The first kappa shape index (κ1) is 13.4. The first-order valence-electron chi connectivity index (χ1n) is 5.31. The predicted molar refractivity (Wildman–Crippen MR) is 62.6 cm³/mol. The molecule has 0 heterocycles. The van der Waals surface area contributed by atoms with Gasteiger partial charge in [-0.25, -0.2) is 8.78 Å². The van der Waals surface area contributed by atoms with Gasteiger partial charge in [0.2, 0.25) is 0 Å². The monoisotopic (exact) mass is 247 g/mol. The second kappa shape index (κ2) is 5.11. The summed E-state index contributed by atoms with van der Waals surface area (Å²) in [7, 11) is 0. The maximum absolute atomic E-state index is 13.7. The van der Waals surface area contributed by atoms with Crippen LogP contribution in [0.2, 0.25) is 0 Å². The minimum Gasteiger partial charge on any atom is -0.324 e. The van der Waals surface area contributed by atoms with Crippen LogP contribution in [0.1, 0.15) is 36.4 Å². The van der Waals surface area contributed by atoms with Crippen molar-refractivity contribution in [2.24, 2.45) is 11.7 Å². The molecule has 0 saturated heterocycles. The second-order valence-electron chi connectivity index (χ2n) is 4.31. The summed E-state index contributed by atoms with van der Waals surface area (Å²) >= 11 is 0. The molecule has 1 nitrogen and oxygen atoms in total. The van der Waals surface area contributed by atoms with E-state index in [1.54, 1.807) is 6.92 Å². The Bertz CT molecular complexity index is 378. The Kier molecular flexibility index (Phi) is 4.28. The molecule has 0 aromatic heterocycles. The van der Waals surface area contributed by atoms with E-state index in [0.717, 1.165) is 19.3 Å². The largest absolute Gasteiger partial charge is 0.324 e. The van der Waals surface area contributed by atoms with E-state index in [4.69, 9.17) is 5.73 Å². The van der Waals surface area contributed by atoms with Crippen LogP contribution < -0.4 is 5.73 Å². The van der Waals surface area contributed by atoms with E-state index in [1.807, 2.05) is 0 Å². The standard InChI is InChI=1S/C12H15F2N.ClH/c1-7-5-6-9(13)10(11(7)14)12(15)8-3-2-4-8;/h5-6,8,12H,2-4,15H2,1H3;1H/t12-;/m0./s1.